The summed E-state index contributed by atoms with van der Waals surface area (Å²) >= 11 is 0. The Morgan fingerprint density at radius 3 is 2.77 bits per heavy atom. The van der Waals surface area contributed by atoms with E-state index < -0.39 is 10.0 Å². The maximum Gasteiger partial charge on any atom is 0.211 e. The molecule has 1 aromatic rings. The normalized spacial score (nSPS) is 24.7. The molecule has 3 heterocycles. The van der Waals surface area contributed by atoms with Gasteiger partial charge >= 0.3 is 0 Å². The smallest absolute Gasteiger partial charge is 0.211 e. The summed E-state index contributed by atoms with van der Waals surface area (Å²) in [4.78, 5) is 7.04. The summed E-state index contributed by atoms with van der Waals surface area (Å²) in [5.41, 5.74) is 1.87. The first-order valence-corrected chi connectivity index (χ1v) is 9.61. The topological polar surface area (TPSA) is 62.7 Å². The lowest BCUT2D eigenvalue weighted by atomic mass is 10.1. The first-order chi connectivity index (χ1) is 10.5. The van der Waals surface area contributed by atoms with Crippen LogP contribution in [0.3, 0.4) is 0 Å². The molecule has 0 saturated carbocycles. The summed E-state index contributed by atoms with van der Waals surface area (Å²) in [7, 11) is -3.17. The molecule has 0 aliphatic carbocycles. The van der Waals surface area contributed by atoms with Crippen LogP contribution in [0.15, 0.2) is 18.2 Å². The van der Waals surface area contributed by atoms with Crippen LogP contribution in [0.25, 0.3) is 0 Å². The van der Waals surface area contributed by atoms with Gasteiger partial charge in [0.15, 0.2) is 0 Å². The quantitative estimate of drug-likeness (QED) is 0.827. The molecule has 6 nitrogen and oxygen atoms in total. The van der Waals surface area contributed by atoms with Crippen molar-refractivity contribution in [3.8, 4) is 0 Å². The molecule has 1 atom stereocenters. The molecule has 0 spiro atoms. The van der Waals surface area contributed by atoms with Crippen molar-refractivity contribution in [2.24, 2.45) is 0 Å². The van der Waals surface area contributed by atoms with Crippen LogP contribution >= 0.6 is 0 Å². The van der Waals surface area contributed by atoms with Crippen LogP contribution in [0.5, 0.6) is 0 Å². The van der Waals surface area contributed by atoms with Crippen LogP contribution in [0.1, 0.15) is 30.3 Å². The number of pyridine rings is 1. The summed E-state index contributed by atoms with van der Waals surface area (Å²) in [5.74, 6) is 0. The second kappa shape index (κ2) is 6.62. The molecule has 3 rings (SSSR count). The fourth-order valence-electron chi connectivity index (χ4n) is 3.19. The van der Waals surface area contributed by atoms with E-state index in [2.05, 4.69) is 4.90 Å². The van der Waals surface area contributed by atoms with Crippen molar-refractivity contribution in [2.45, 2.75) is 25.4 Å². The predicted molar refractivity (Wildman–Crippen MR) is 83.9 cm³/mol. The summed E-state index contributed by atoms with van der Waals surface area (Å²) < 4.78 is 30.7. The molecule has 0 amide bonds. The van der Waals surface area contributed by atoms with Gasteiger partial charge in [0.1, 0.15) is 0 Å². The molecule has 0 bridgehead atoms. The van der Waals surface area contributed by atoms with E-state index >= 15 is 0 Å². The molecule has 2 fully saturated rings. The Bertz CT molecular complexity index is 614. The highest BCUT2D eigenvalue weighted by atomic mass is 32.2. The van der Waals surface area contributed by atoms with E-state index in [9.17, 15) is 8.42 Å². The minimum absolute atomic E-state index is 0.111. The minimum Gasteiger partial charge on any atom is -0.379 e. The van der Waals surface area contributed by atoms with Crippen molar-refractivity contribution in [1.29, 1.82) is 0 Å². The molecule has 0 radical (unpaired) electrons. The van der Waals surface area contributed by atoms with E-state index in [1.54, 1.807) is 4.31 Å². The number of morpholine rings is 1. The van der Waals surface area contributed by atoms with E-state index in [0.717, 1.165) is 57.1 Å². The van der Waals surface area contributed by atoms with Crippen LogP contribution in [0.4, 0.5) is 0 Å². The SMILES string of the molecule is CS(=O)(=O)N1CCCC1c1cccc(CN2CCOCC2)n1. The average molecular weight is 325 g/mol. The average Bonchev–Trinajstić information content (AvgIpc) is 2.98. The van der Waals surface area contributed by atoms with Gasteiger partial charge in [0, 0.05) is 26.2 Å². The molecule has 2 aliphatic rings. The highest BCUT2D eigenvalue weighted by Gasteiger charge is 2.33. The number of sulfonamides is 1. The lowest BCUT2D eigenvalue weighted by Gasteiger charge is -2.27. The fourth-order valence-corrected chi connectivity index (χ4v) is 4.33. The summed E-state index contributed by atoms with van der Waals surface area (Å²) in [6.07, 6.45) is 3.02. The molecule has 7 heteroatoms. The molecule has 22 heavy (non-hydrogen) atoms. The zero-order valence-electron chi connectivity index (χ0n) is 12.9. The van der Waals surface area contributed by atoms with Crippen LogP contribution in [0, 0.1) is 0 Å². The second-order valence-corrected chi connectivity index (χ2v) is 7.91. The molecule has 0 N–H and O–H groups in total. The molecular formula is C15H23N3O3S. The monoisotopic (exact) mass is 325 g/mol. The first-order valence-electron chi connectivity index (χ1n) is 7.77. The molecule has 2 saturated heterocycles. The van der Waals surface area contributed by atoms with Gasteiger partial charge in [-0.3, -0.25) is 9.88 Å². The van der Waals surface area contributed by atoms with Gasteiger partial charge in [0.05, 0.1) is 36.9 Å². The van der Waals surface area contributed by atoms with E-state index in [0.29, 0.717) is 6.54 Å². The Morgan fingerprint density at radius 2 is 2.05 bits per heavy atom. The summed E-state index contributed by atoms with van der Waals surface area (Å²) in [6.45, 7) is 4.77. The van der Waals surface area contributed by atoms with Crippen LogP contribution in [0.2, 0.25) is 0 Å². The Hall–Kier alpha value is -1.02. The maximum atomic E-state index is 11.9. The predicted octanol–water partition coefficient (Wildman–Crippen LogP) is 1.01. The van der Waals surface area contributed by atoms with Crippen LogP contribution < -0.4 is 0 Å². The molecular weight excluding hydrogens is 302 g/mol. The van der Waals surface area contributed by atoms with Crippen molar-refractivity contribution < 1.29 is 13.2 Å². The highest BCUT2D eigenvalue weighted by Crippen LogP contribution is 2.32. The van der Waals surface area contributed by atoms with Gasteiger partial charge in [-0.15, -0.1) is 0 Å². The van der Waals surface area contributed by atoms with Crippen molar-refractivity contribution in [3.63, 3.8) is 0 Å². The standard InChI is InChI=1S/C15H23N3O3S/c1-22(19,20)18-7-3-6-15(18)14-5-2-4-13(16-14)12-17-8-10-21-11-9-17/h2,4-5,15H,3,6-12H2,1H3. The van der Waals surface area contributed by atoms with Crippen molar-refractivity contribution in [2.75, 3.05) is 39.1 Å². The highest BCUT2D eigenvalue weighted by molar-refractivity contribution is 7.88. The third-order valence-corrected chi connectivity index (χ3v) is 5.58. The second-order valence-electron chi connectivity index (χ2n) is 5.97. The number of ether oxygens (including phenoxy) is 1. The lowest BCUT2D eigenvalue weighted by molar-refractivity contribution is 0.0336. The molecule has 122 valence electrons. The minimum atomic E-state index is -3.17. The number of rotatable bonds is 4. The Labute approximate surface area is 132 Å². The zero-order chi connectivity index (χ0) is 15.6. The largest absolute Gasteiger partial charge is 0.379 e. The van der Waals surface area contributed by atoms with Gasteiger partial charge in [-0.25, -0.2) is 8.42 Å². The van der Waals surface area contributed by atoms with Gasteiger partial charge < -0.3 is 4.74 Å². The van der Waals surface area contributed by atoms with Crippen LogP contribution in [-0.4, -0.2) is 61.7 Å². The third kappa shape index (κ3) is 3.65. The third-order valence-electron chi connectivity index (χ3n) is 4.29. The number of hydrogen-bond donors (Lipinski definition) is 0. The maximum absolute atomic E-state index is 11.9. The van der Waals surface area contributed by atoms with E-state index in [1.165, 1.54) is 6.26 Å². The van der Waals surface area contributed by atoms with Crippen molar-refractivity contribution in [1.82, 2.24) is 14.2 Å². The van der Waals surface area contributed by atoms with Gasteiger partial charge in [-0.05, 0) is 25.0 Å². The van der Waals surface area contributed by atoms with Crippen molar-refractivity contribution in [3.05, 3.63) is 29.6 Å². The molecule has 1 aromatic heterocycles. The number of nitrogens with zero attached hydrogens (tertiary/aromatic N) is 3. The van der Waals surface area contributed by atoms with Gasteiger partial charge in [0.25, 0.3) is 0 Å². The summed E-state index contributed by atoms with van der Waals surface area (Å²) in [5, 5.41) is 0. The van der Waals surface area contributed by atoms with E-state index in [1.807, 2.05) is 18.2 Å². The zero-order valence-corrected chi connectivity index (χ0v) is 13.8. The Kier molecular flexibility index (Phi) is 4.77. The number of aromatic nitrogens is 1. The first kappa shape index (κ1) is 15.9. The Balaban J connectivity index is 1.75. The fraction of sp³-hybridized carbons (Fsp3) is 0.667. The summed E-state index contributed by atoms with van der Waals surface area (Å²) in [6, 6.07) is 5.83. The molecule has 0 aromatic carbocycles. The molecule has 2 aliphatic heterocycles. The van der Waals surface area contributed by atoms with Gasteiger partial charge in [-0.2, -0.15) is 4.31 Å². The van der Waals surface area contributed by atoms with Gasteiger partial charge in [-0.1, -0.05) is 6.07 Å². The molecule has 1 unspecified atom stereocenters. The number of hydrogen-bond acceptors (Lipinski definition) is 5. The van der Waals surface area contributed by atoms with Crippen molar-refractivity contribution >= 4 is 10.0 Å². The Morgan fingerprint density at radius 1 is 1.27 bits per heavy atom. The van der Waals surface area contributed by atoms with Crippen LogP contribution in [-0.2, 0) is 21.3 Å². The van der Waals surface area contributed by atoms with E-state index in [4.69, 9.17) is 9.72 Å². The van der Waals surface area contributed by atoms with E-state index in [-0.39, 0.29) is 6.04 Å². The lowest BCUT2D eigenvalue weighted by Crippen LogP contribution is -2.36. The van der Waals surface area contributed by atoms with Gasteiger partial charge in [0.2, 0.25) is 10.0 Å².